The van der Waals surface area contributed by atoms with E-state index in [-0.39, 0.29) is 12.1 Å². The quantitative estimate of drug-likeness (QED) is 0.669. The van der Waals surface area contributed by atoms with E-state index in [0.717, 1.165) is 6.42 Å². The maximum absolute atomic E-state index is 12.3. The van der Waals surface area contributed by atoms with Gasteiger partial charge in [-0.25, -0.2) is 14.5 Å². The fraction of sp³-hybridized carbons (Fsp3) is 0.636. The van der Waals surface area contributed by atoms with E-state index in [0.29, 0.717) is 18.9 Å². The molecule has 5 nitrogen and oxygen atoms in total. The van der Waals surface area contributed by atoms with Crippen molar-refractivity contribution < 1.29 is 9.59 Å². The Bertz CT molecular complexity index is 400. The second kappa shape index (κ2) is 3.91. The maximum Gasteiger partial charge on any atom is 0.334 e. The lowest BCUT2D eigenvalue weighted by atomic mass is 10.1. The summed E-state index contributed by atoms with van der Waals surface area (Å²) in [6, 6.07) is -0.556. The lowest BCUT2D eigenvalue weighted by molar-refractivity contribution is 0.0630. The number of halogens is 1. The normalized spacial score (nSPS) is 23.8. The predicted molar refractivity (Wildman–Crippen MR) is 64.3 cm³/mol. The van der Waals surface area contributed by atoms with Crippen LogP contribution in [0.1, 0.15) is 27.2 Å². The topological polar surface area (TPSA) is 43.9 Å². The van der Waals surface area contributed by atoms with Gasteiger partial charge >= 0.3 is 12.1 Å². The van der Waals surface area contributed by atoms with Gasteiger partial charge in [-0.3, -0.25) is 9.80 Å². The molecular weight excluding hydrogens is 242 g/mol. The van der Waals surface area contributed by atoms with Crippen molar-refractivity contribution in [1.29, 1.82) is 0 Å². The molecule has 0 aromatic heterocycles. The van der Waals surface area contributed by atoms with E-state index < -0.39 is 5.54 Å². The highest BCUT2D eigenvalue weighted by molar-refractivity contribution is 6.26. The third kappa shape index (κ3) is 1.78. The molecule has 0 radical (unpaired) electrons. The zero-order valence-corrected chi connectivity index (χ0v) is 11.0. The van der Waals surface area contributed by atoms with Crippen LogP contribution in [0.25, 0.3) is 0 Å². The molecule has 2 fully saturated rings. The molecule has 2 saturated heterocycles. The molecule has 4 amide bonds. The van der Waals surface area contributed by atoms with Crippen molar-refractivity contribution >= 4 is 23.7 Å². The molecule has 0 saturated carbocycles. The first-order chi connectivity index (χ1) is 7.88. The fourth-order valence-corrected chi connectivity index (χ4v) is 2.41. The highest BCUT2D eigenvalue weighted by atomic mass is 35.5. The van der Waals surface area contributed by atoms with Gasteiger partial charge < -0.3 is 0 Å². The Morgan fingerprint density at radius 2 is 1.71 bits per heavy atom. The Morgan fingerprint density at radius 3 is 2.24 bits per heavy atom. The Hall–Kier alpha value is -1.23. The number of hydrogen-bond acceptors (Lipinski definition) is 2. The summed E-state index contributed by atoms with van der Waals surface area (Å²) in [5, 5.41) is 0. The van der Waals surface area contributed by atoms with Crippen LogP contribution in [0.5, 0.6) is 0 Å². The molecule has 2 heterocycles. The van der Waals surface area contributed by atoms with Crippen molar-refractivity contribution in [1.82, 2.24) is 14.7 Å². The van der Waals surface area contributed by atoms with Gasteiger partial charge in [0.15, 0.2) is 0 Å². The summed E-state index contributed by atoms with van der Waals surface area (Å²) in [6.45, 7) is 6.83. The van der Waals surface area contributed by atoms with Crippen LogP contribution in [0.4, 0.5) is 9.59 Å². The van der Waals surface area contributed by atoms with E-state index in [9.17, 15) is 9.59 Å². The van der Waals surface area contributed by atoms with Crippen molar-refractivity contribution in [2.45, 2.75) is 32.7 Å². The SMILES string of the molecule is CC(C)(C)N1C(=O)N2CCCN(C2=O)/C1=C\Cl. The smallest absolute Gasteiger partial charge is 0.278 e. The van der Waals surface area contributed by atoms with Crippen molar-refractivity contribution in [2.75, 3.05) is 13.1 Å². The predicted octanol–water partition coefficient (Wildman–Crippen LogP) is 2.39. The molecule has 2 aliphatic rings. The van der Waals surface area contributed by atoms with Crippen molar-refractivity contribution in [2.24, 2.45) is 0 Å². The van der Waals surface area contributed by atoms with Crippen molar-refractivity contribution in [3.63, 3.8) is 0 Å². The van der Waals surface area contributed by atoms with Gasteiger partial charge in [-0.2, -0.15) is 0 Å². The van der Waals surface area contributed by atoms with E-state index in [2.05, 4.69) is 0 Å². The van der Waals surface area contributed by atoms with Crippen LogP contribution < -0.4 is 0 Å². The molecule has 0 aromatic carbocycles. The lowest BCUT2D eigenvalue weighted by Gasteiger charge is -2.49. The molecule has 17 heavy (non-hydrogen) atoms. The number of imide groups is 1. The van der Waals surface area contributed by atoms with Crippen LogP contribution in [0.2, 0.25) is 0 Å². The second-order valence-corrected chi connectivity index (χ2v) is 5.41. The van der Waals surface area contributed by atoms with Gasteiger partial charge in [-0.05, 0) is 27.2 Å². The van der Waals surface area contributed by atoms with E-state index in [1.807, 2.05) is 20.8 Å². The number of urea groups is 2. The van der Waals surface area contributed by atoms with Crippen LogP contribution in [0, 0.1) is 0 Å². The number of carbonyl (C=O) groups is 2. The minimum atomic E-state index is -0.410. The van der Waals surface area contributed by atoms with Crippen LogP contribution >= 0.6 is 11.6 Å². The van der Waals surface area contributed by atoms with Gasteiger partial charge in [0.25, 0.3) is 0 Å². The lowest BCUT2D eigenvalue weighted by Crippen LogP contribution is -2.66. The third-order valence-electron chi connectivity index (χ3n) is 2.92. The summed E-state index contributed by atoms with van der Waals surface area (Å²) in [4.78, 5) is 28.6. The highest BCUT2D eigenvalue weighted by Gasteiger charge is 2.46. The molecule has 0 aliphatic carbocycles. The summed E-state index contributed by atoms with van der Waals surface area (Å²) in [7, 11) is 0. The minimum absolute atomic E-state index is 0.270. The number of carbonyl (C=O) groups excluding carboxylic acids is 2. The van der Waals surface area contributed by atoms with E-state index in [1.54, 1.807) is 9.80 Å². The molecule has 0 atom stereocenters. The summed E-state index contributed by atoms with van der Waals surface area (Å²) in [5.41, 5.74) is 0.899. The maximum atomic E-state index is 12.3. The average molecular weight is 258 g/mol. The Balaban J connectivity index is 2.47. The van der Waals surface area contributed by atoms with Crippen molar-refractivity contribution in [3.8, 4) is 0 Å². The molecule has 2 rings (SSSR count). The molecule has 6 heteroatoms. The molecular formula is C11H16ClN3O2. The van der Waals surface area contributed by atoms with Crippen LogP contribution in [-0.2, 0) is 0 Å². The molecule has 0 unspecified atom stereocenters. The largest absolute Gasteiger partial charge is 0.334 e. The second-order valence-electron chi connectivity index (χ2n) is 5.20. The van der Waals surface area contributed by atoms with Gasteiger partial charge in [-0.15, -0.1) is 0 Å². The molecule has 2 aliphatic heterocycles. The summed E-state index contributed by atoms with van der Waals surface area (Å²) in [6.07, 6.45) is 0.781. The fourth-order valence-electron chi connectivity index (χ4n) is 2.19. The zero-order valence-electron chi connectivity index (χ0n) is 10.2. The van der Waals surface area contributed by atoms with Crippen LogP contribution in [0.15, 0.2) is 11.4 Å². The first-order valence-corrected chi connectivity index (χ1v) is 6.05. The zero-order chi connectivity index (χ0) is 12.8. The standard InChI is InChI=1S/C11H16ClN3O2/c1-11(2,3)15-8(7-12)13-5-4-6-14(9(13)16)10(15)17/h7H,4-6H2,1-3H3/b8-7+. The summed E-state index contributed by atoms with van der Waals surface area (Å²) in [5.74, 6) is 0.477. The number of hydrogen-bond donors (Lipinski definition) is 0. The number of nitrogens with zero attached hydrogens (tertiary/aromatic N) is 3. The van der Waals surface area contributed by atoms with E-state index in [1.165, 1.54) is 10.4 Å². The molecule has 0 aromatic rings. The highest BCUT2D eigenvalue weighted by Crippen LogP contribution is 2.32. The van der Waals surface area contributed by atoms with Gasteiger partial charge in [0.05, 0.1) is 0 Å². The average Bonchev–Trinajstić information content (AvgIpc) is 2.21. The van der Waals surface area contributed by atoms with Gasteiger partial charge in [0.2, 0.25) is 0 Å². The Labute approximate surface area is 106 Å². The third-order valence-corrected chi connectivity index (χ3v) is 3.12. The summed E-state index contributed by atoms with van der Waals surface area (Å²) >= 11 is 5.79. The molecule has 0 spiro atoms. The Morgan fingerprint density at radius 1 is 1.12 bits per heavy atom. The van der Waals surface area contributed by atoms with Gasteiger partial charge in [0, 0.05) is 24.2 Å². The molecule has 2 bridgehead atoms. The van der Waals surface area contributed by atoms with E-state index in [4.69, 9.17) is 11.6 Å². The van der Waals surface area contributed by atoms with Crippen LogP contribution in [-0.4, -0.2) is 45.4 Å². The Kier molecular flexibility index (Phi) is 2.81. The first-order valence-electron chi connectivity index (χ1n) is 5.61. The van der Waals surface area contributed by atoms with Gasteiger partial charge in [0.1, 0.15) is 5.82 Å². The minimum Gasteiger partial charge on any atom is -0.278 e. The van der Waals surface area contributed by atoms with Crippen LogP contribution in [0.3, 0.4) is 0 Å². The molecule has 0 N–H and O–H groups in total. The van der Waals surface area contributed by atoms with E-state index >= 15 is 0 Å². The van der Waals surface area contributed by atoms with Gasteiger partial charge in [-0.1, -0.05) is 11.6 Å². The number of rotatable bonds is 0. The first kappa shape index (κ1) is 12.2. The summed E-state index contributed by atoms with van der Waals surface area (Å²) < 4.78 is 0. The number of amides is 4. The number of fused-ring (bicyclic) bond motifs is 2. The monoisotopic (exact) mass is 257 g/mol. The molecule has 94 valence electrons. The van der Waals surface area contributed by atoms with Crippen molar-refractivity contribution in [3.05, 3.63) is 11.4 Å².